The third-order valence-electron chi connectivity index (χ3n) is 7.19. The number of hydrogen-bond donors (Lipinski definition) is 1. The van der Waals surface area contributed by atoms with Gasteiger partial charge in [0.2, 0.25) is 5.60 Å². The van der Waals surface area contributed by atoms with Crippen molar-refractivity contribution < 1.29 is 24.2 Å². The fraction of sp³-hybridized carbons (Fsp3) is 0.524. The normalized spacial score (nSPS) is 37.2. The van der Waals surface area contributed by atoms with Crippen LogP contribution in [0.15, 0.2) is 18.2 Å². The molecule has 0 aromatic heterocycles. The summed E-state index contributed by atoms with van der Waals surface area (Å²) in [4.78, 5) is 27.2. The van der Waals surface area contributed by atoms with E-state index in [4.69, 9.17) is 9.47 Å². The van der Waals surface area contributed by atoms with Gasteiger partial charge in [0.15, 0.2) is 17.3 Å². The highest BCUT2D eigenvalue weighted by molar-refractivity contribution is 14.1. The molecule has 2 aliphatic heterocycles. The third-order valence-corrected chi connectivity index (χ3v) is 8.15. The molecule has 4 aliphatic rings. The smallest absolute Gasteiger partial charge is 0.308 e. The Morgan fingerprint density at radius 2 is 2.11 bits per heavy atom. The molecule has 1 saturated heterocycles. The van der Waals surface area contributed by atoms with E-state index in [-0.39, 0.29) is 17.7 Å². The fourth-order valence-electron chi connectivity index (χ4n) is 6.16. The number of likely N-dealkylation sites (N-methyl/N-ethyl adjacent to an activating group) is 1. The topological polar surface area (TPSA) is 76.1 Å². The molecule has 148 valence electrons. The van der Waals surface area contributed by atoms with Crippen molar-refractivity contribution in [3.8, 4) is 11.5 Å². The maximum absolute atomic E-state index is 13.1. The lowest BCUT2D eigenvalue weighted by Crippen LogP contribution is -2.73. The minimum atomic E-state index is -1.39. The summed E-state index contributed by atoms with van der Waals surface area (Å²) in [5, 5.41) is 11.1. The summed E-state index contributed by atoms with van der Waals surface area (Å²) in [6.45, 7) is 3.66. The Hall–Kier alpha value is -1.45. The van der Waals surface area contributed by atoms with E-state index < -0.39 is 23.1 Å². The monoisotopic (exact) mass is 495 g/mol. The Morgan fingerprint density at radius 3 is 2.79 bits per heavy atom. The molecule has 5 rings (SSSR count). The number of benzene rings is 1. The highest BCUT2D eigenvalue weighted by Gasteiger charge is 2.74. The number of ketones is 1. The number of rotatable bonds is 2. The molecular weight excluding hydrogens is 473 g/mol. The second-order valence-corrected chi connectivity index (χ2v) is 9.52. The number of ether oxygens (including phenoxy) is 2. The molecule has 1 aromatic rings. The Balaban J connectivity index is 1.89. The molecule has 6 nitrogen and oxygen atoms in total. The molecule has 0 radical (unpaired) electrons. The van der Waals surface area contributed by atoms with Gasteiger partial charge in [0.05, 0.1) is 5.41 Å². The van der Waals surface area contributed by atoms with Gasteiger partial charge in [-0.2, -0.15) is 0 Å². The summed E-state index contributed by atoms with van der Waals surface area (Å²) >= 11 is 2.28. The molecule has 1 N–H and O–H groups in total. The molecule has 0 saturated carbocycles. The predicted octanol–water partition coefficient (Wildman–Crippen LogP) is 1.98. The van der Waals surface area contributed by atoms with Crippen LogP contribution in [0.3, 0.4) is 0 Å². The highest BCUT2D eigenvalue weighted by Crippen LogP contribution is 2.67. The molecule has 2 aliphatic carbocycles. The number of halogens is 1. The molecule has 2 bridgehead atoms. The average Bonchev–Trinajstić information content (AvgIpc) is 2.94. The Kier molecular flexibility index (Phi) is 3.84. The minimum absolute atomic E-state index is 0.0516. The zero-order valence-electron chi connectivity index (χ0n) is 16.0. The van der Waals surface area contributed by atoms with Crippen LogP contribution in [-0.4, -0.2) is 53.1 Å². The maximum Gasteiger partial charge on any atom is 0.308 e. The van der Waals surface area contributed by atoms with E-state index in [1.165, 1.54) is 13.8 Å². The van der Waals surface area contributed by atoms with Gasteiger partial charge >= 0.3 is 5.97 Å². The van der Waals surface area contributed by atoms with Crippen LogP contribution in [0, 0.1) is 9.49 Å². The Bertz CT molecular complexity index is 959. The number of hydrogen-bond acceptors (Lipinski definition) is 6. The quantitative estimate of drug-likeness (QED) is 0.293. The molecule has 1 spiro atoms. The summed E-state index contributed by atoms with van der Waals surface area (Å²) in [6.07, 6.45) is 4.27. The van der Waals surface area contributed by atoms with Gasteiger partial charge in [-0.05, 0) is 67.6 Å². The van der Waals surface area contributed by atoms with Crippen LogP contribution in [0.2, 0.25) is 0 Å². The van der Waals surface area contributed by atoms with Gasteiger partial charge in [-0.1, -0.05) is 12.2 Å². The molecule has 7 heteroatoms. The first-order valence-electron chi connectivity index (χ1n) is 9.55. The van der Waals surface area contributed by atoms with E-state index in [1.807, 2.05) is 6.07 Å². The van der Waals surface area contributed by atoms with Crippen LogP contribution in [0.5, 0.6) is 11.5 Å². The standard InChI is InChI=1S/C21H22INO5/c1-10(24)21-17(26)5-4-13-15-8-12-14(22)9-16(27-11(2)25)19(28-21)18(12)20(13,21)6-7-23(15)3/h4-5,9,13,15,17,26H,6-8H2,1-3H3/t13-,15+,17-,20-,21-/m0/s1. The summed E-state index contributed by atoms with van der Waals surface area (Å²) < 4.78 is 12.9. The maximum atomic E-state index is 13.1. The van der Waals surface area contributed by atoms with E-state index >= 15 is 0 Å². The van der Waals surface area contributed by atoms with Gasteiger partial charge in [0.1, 0.15) is 6.10 Å². The first-order chi connectivity index (χ1) is 13.2. The highest BCUT2D eigenvalue weighted by atomic mass is 127. The molecule has 1 fully saturated rings. The van der Waals surface area contributed by atoms with E-state index in [1.54, 1.807) is 6.08 Å². The first-order valence-corrected chi connectivity index (χ1v) is 10.6. The van der Waals surface area contributed by atoms with Crippen LogP contribution in [0.25, 0.3) is 0 Å². The van der Waals surface area contributed by atoms with Crippen molar-refractivity contribution in [1.82, 2.24) is 4.90 Å². The molecule has 28 heavy (non-hydrogen) atoms. The minimum Gasteiger partial charge on any atom is -0.471 e. The van der Waals surface area contributed by atoms with Crippen LogP contribution in [-0.2, 0) is 21.4 Å². The van der Waals surface area contributed by atoms with Crippen LogP contribution in [0.4, 0.5) is 0 Å². The number of aliphatic hydroxyl groups is 1. The van der Waals surface area contributed by atoms with Crippen molar-refractivity contribution in [2.45, 2.75) is 49.9 Å². The van der Waals surface area contributed by atoms with Gasteiger partial charge in [0.25, 0.3) is 0 Å². The van der Waals surface area contributed by atoms with Gasteiger partial charge in [-0.15, -0.1) is 0 Å². The van der Waals surface area contributed by atoms with Gasteiger partial charge in [-0.25, -0.2) is 0 Å². The number of likely N-dealkylation sites (tertiary alicyclic amines) is 1. The van der Waals surface area contributed by atoms with Crippen LogP contribution >= 0.6 is 22.6 Å². The predicted molar refractivity (Wildman–Crippen MR) is 110 cm³/mol. The molecule has 1 aromatic carbocycles. The zero-order chi connectivity index (χ0) is 20.0. The summed E-state index contributed by atoms with van der Waals surface area (Å²) in [5.74, 6) is 0.216. The number of aliphatic hydroxyl groups excluding tert-OH is 1. The SMILES string of the molecule is CC(=O)Oc1cc(I)c2c3c1O[C@@]1(C(C)=O)[C@@H](O)C=C[C@H]4[C@@H](C2)N(C)CC[C@@]341. The van der Waals surface area contributed by atoms with Gasteiger partial charge in [0, 0.05) is 28.0 Å². The van der Waals surface area contributed by atoms with Gasteiger partial charge < -0.3 is 19.5 Å². The lowest BCUT2D eigenvalue weighted by atomic mass is 9.48. The molecule has 0 unspecified atom stereocenters. The number of nitrogens with zero attached hydrogens (tertiary/aromatic N) is 1. The molecule has 5 atom stereocenters. The van der Waals surface area contributed by atoms with Crippen molar-refractivity contribution in [2.75, 3.05) is 13.6 Å². The van der Waals surface area contributed by atoms with Crippen molar-refractivity contribution in [2.24, 2.45) is 5.92 Å². The number of piperidine rings is 1. The van der Waals surface area contributed by atoms with Crippen LogP contribution in [0.1, 0.15) is 31.4 Å². The Labute approximate surface area is 177 Å². The Morgan fingerprint density at radius 1 is 1.36 bits per heavy atom. The number of carbonyl (C=O) groups excluding carboxylic acids is 2. The van der Waals surface area contributed by atoms with Gasteiger partial charge in [-0.3, -0.25) is 9.59 Å². The van der Waals surface area contributed by atoms with Crippen LogP contribution < -0.4 is 9.47 Å². The lowest BCUT2D eigenvalue weighted by Gasteiger charge is -2.60. The summed E-state index contributed by atoms with van der Waals surface area (Å²) in [6, 6.07) is 2.04. The largest absolute Gasteiger partial charge is 0.471 e. The lowest BCUT2D eigenvalue weighted by molar-refractivity contribution is -0.159. The van der Waals surface area contributed by atoms with Crippen molar-refractivity contribution in [3.05, 3.63) is 32.9 Å². The van der Waals surface area contributed by atoms with Crippen molar-refractivity contribution in [3.63, 3.8) is 0 Å². The van der Waals surface area contributed by atoms with E-state index in [0.717, 1.165) is 27.7 Å². The zero-order valence-corrected chi connectivity index (χ0v) is 18.1. The molecular formula is C21H22INO5. The number of esters is 1. The van der Waals surface area contributed by atoms with E-state index in [2.05, 4.69) is 40.6 Å². The number of Topliss-reactive ketones (excluding diaryl/α,β-unsaturated/α-hetero) is 1. The fourth-order valence-corrected chi connectivity index (χ4v) is 6.94. The van der Waals surface area contributed by atoms with Crippen molar-refractivity contribution in [1.29, 1.82) is 0 Å². The third kappa shape index (κ3) is 1.95. The van der Waals surface area contributed by atoms with Crippen molar-refractivity contribution >= 4 is 34.3 Å². The second kappa shape index (κ2) is 5.79. The first kappa shape index (κ1) is 18.6. The molecule has 2 heterocycles. The summed E-state index contributed by atoms with van der Waals surface area (Å²) in [7, 11) is 2.12. The molecule has 0 amide bonds. The summed E-state index contributed by atoms with van der Waals surface area (Å²) in [5.41, 5.74) is 0.0693. The number of carbonyl (C=O) groups is 2. The second-order valence-electron chi connectivity index (χ2n) is 8.36. The van der Waals surface area contributed by atoms with E-state index in [9.17, 15) is 14.7 Å². The van der Waals surface area contributed by atoms with E-state index in [0.29, 0.717) is 17.9 Å². The average molecular weight is 495 g/mol.